The van der Waals surface area contributed by atoms with Gasteiger partial charge in [-0.25, -0.2) is 0 Å². The third-order valence-corrected chi connectivity index (χ3v) is 7.13. The first kappa shape index (κ1) is 25.2. The summed E-state index contributed by atoms with van der Waals surface area (Å²) in [6, 6.07) is 0. The van der Waals surface area contributed by atoms with E-state index in [0.29, 0.717) is 12.8 Å². The molecule has 30 heavy (non-hydrogen) atoms. The number of carbonyl (C=O) groups excluding carboxylic acids is 1. The van der Waals surface area contributed by atoms with Gasteiger partial charge in [-0.05, 0) is 62.7 Å². The van der Waals surface area contributed by atoms with Crippen LogP contribution in [0.2, 0.25) is 19.6 Å². The van der Waals surface area contributed by atoms with Crippen LogP contribution in [0.5, 0.6) is 0 Å². The van der Waals surface area contributed by atoms with Crippen molar-refractivity contribution in [1.82, 2.24) is 0 Å². The Bertz CT molecular complexity index is 702. The van der Waals surface area contributed by atoms with Crippen LogP contribution in [0.25, 0.3) is 0 Å². The molecule has 1 fully saturated rings. The molecule has 9 heteroatoms. The van der Waals surface area contributed by atoms with E-state index in [1.165, 1.54) is 19.6 Å². The van der Waals surface area contributed by atoms with Gasteiger partial charge in [0.2, 0.25) is 0 Å². The van der Waals surface area contributed by atoms with E-state index < -0.39 is 26.3 Å². The molecule has 2 aliphatic carbocycles. The molecule has 2 nitrogen and oxygen atoms in total. The summed E-state index contributed by atoms with van der Waals surface area (Å²) in [6.45, 7) is 7.64. The van der Waals surface area contributed by atoms with E-state index >= 15 is 0 Å². The second-order valence-electron chi connectivity index (χ2n) is 9.67. The lowest BCUT2D eigenvalue weighted by Crippen LogP contribution is -2.61. The number of ketones is 1. The van der Waals surface area contributed by atoms with Gasteiger partial charge in [-0.2, -0.15) is 26.3 Å². The van der Waals surface area contributed by atoms with E-state index in [0.717, 1.165) is 24.5 Å². The minimum atomic E-state index is -5.63. The van der Waals surface area contributed by atoms with Gasteiger partial charge in [-0.1, -0.05) is 31.6 Å². The number of hydrogen-bond donors (Lipinski definition) is 0. The molecule has 0 saturated heterocycles. The van der Waals surface area contributed by atoms with Crippen LogP contribution < -0.4 is 0 Å². The molecule has 0 aromatic heterocycles. The van der Waals surface area contributed by atoms with Gasteiger partial charge in [0.15, 0.2) is 8.32 Å². The fourth-order valence-corrected chi connectivity index (χ4v) is 6.13. The molecule has 0 aliphatic heterocycles. The van der Waals surface area contributed by atoms with E-state index in [1.54, 1.807) is 6.92 Å². The first-order valence-corrected chi connectivity index (χ1v) is 13.6. The summed E-state index contributed by atoms with van der Waals surface area (Å²) in [4.78, 5) is 12.2. The van der Waals surface area contributed by atoms with Crippen molar-refractivity contribution in [1.29, 1.82) is 0 Å². The molecule has 0 N–H and O–H groups in total. The summed E-state index contributed by atoms with van der Waals surface area (Å²) in [5.41, 5.74) is -3.72. The topological polar surface area (TPSA) is 26.3 Å². The molecule has 0 radical (unpaired) electrons. The molecule has 0 aromatic carbocycles. The van der Waals surface area contributed by atoms with Gasteiger partial charge in [-0.3, -0.25) is 4.79 Å². The SMILES string of the molecule is C[C@H](CC=CC(O[Si](C)(C)C)(C(F)(F)F)C(F)(F)F)C1=CC[C@@H]2C(=O)CCC[C@@]12C. The first-order valence-electron chi connectivity index (χ1n) is 10.2. The highest BCUT2D eigenvalue weighted by atomic mass is 28.4. The second kappa shape index (κ2) is 8.11. The average molecular weight is 457 g/mol. The number of Topliss-reactive ketones (excluding diaryl/α,β-unsaturated/α-hetero) is 1. The highest BCUT2D eigenvalue weighted by Crippen LogP contribution is 2.54. The maximum Gasteiger partial charge on any atom is 0.429 e. The predicted octanol–water partition coefficient (Wildman–Crippen LogP) is 6.99. The average Bonchev–Trinajstić information content (AvgIpc) is 2.89. The van der Waals surface area contributed by atoms with Crippen LogP contribution in [0.4, 0.5) is 26.3 Å². The molecule has 0 aromatic rings. The molecule has 3 atom stereocenters. The van der Waals surface area contributed by atoms with Crippen LogP contribution in [0.15, 0.2) is 23.8 Å². The Labute approximate surface area is 174 Å². The summed E-state index contributed by atoms with van der Waals surface area (Å²) in [6.07, 6.45) is -5.56. The number of rotatable bonds is 6. The van der Waals surface area contributed by atoms with Crippen molar-refractivity contribution in [3.05, 3.63) is 23.8 Å². The third kappa shape index (κ3) is 4.71. The van der Waals surface area contributed by atoms with Gasteiger partial charge < -0.3 is 4.43 Å². The molecular formula is C21H30F6O2Si. The summed E-state index contributed by atoms with van der Waals surface area (Å²) in [5.74, 6) is -0.213. The van der Waals surface area contributed by atoms with Gasteiger partial charge in [-0.15, -0.1) is 0 Å². The summed E-state index contributed by atoms with van der Waals surface area (Å²) in [7, 11) is -3.20. The number of fused-ring (bicyclic) bond motifs is 1. The molecule has 172 valence electrons. The standard InChI is InChI=1S/C21H30F6O2Si/c1-14(15-10-11-16-17(28)9-7-12-18(15,16)2)8-6-13-19(20(22,23)24,21(25,26)27)29-30(3,4)5/h6,10,13-14,16H,7-9,11-12H2,1-5H3/t14-,16-,18+/m1/s1. The van der Waals surface area contributed by atoms with Crippen LogP contribution in [-0.4, -0.2) is 32.1 Å². The smallest absolute Gasteiger partial charge is 0.394 e. The molecule has 2 aliphatic rings. The Morgan fingerprint density at radius 1 is 1.20 bits per heavy atom. The minimum absolute atomic E-state index is 0.00526. The maximum atomic E-state index is 13.6. The molecule has 0 unspecified atom stereocenters. The number of alkyl halides is 6. The molecule has 1 saturated carbocycles. The van der Waals surface area contributed by atoms with Crippen LogP contribution in [-0.2, 0) is 9.22 Å². The monoisotopic (exact) mass is 456 g/mol. The van der Waals surface area contributed by atoms with Gasteiger partial charge in [0, 0.05) is 12.3 Å². The largest absolute Gasteiger partial charge is 0.429 e. The highest BCUT2D eigenvalue weighted by molar-refractivity contribution is 6.69. The van der Waals surface area contributed by atoms with Gasteiger partial charge in [0.25, 0.3) is 5.60 Å². The normalized spacial score (nSPS) is 27.4. The number of carbonyl (C=O) groups is 1. The van der Waals surface area contributed by atoms with E-state index in [2.05, 4.69) is 0 Å². The molecule has 0 amide bonds. The van der Waals surface area contributed by atoms with Crippen molar-refractivity contribution in [2.24, 2.45) is 17.3 Å². The first-order chi connectivity index (χ1) is 13.4. The lowest BCUT2D eigenvalue weighted by atomic mass is 9.63. The van der Waals surface area contributed by atoms with Crippen molar-refractivity contribution >= 4 is 14.1 Å². The summed E-state index contributed by atoms with van der Waals surface area (Å²) in [5, 5.41) is 0. The van der Waals surface area contributed by atoms with E-state index in [4.69, 9.17) is 4.43 Å². The molecule has 0 bridgehead atoms. The fourth-order valence-electron chi connectivity index (χ4n) is 4.86. The van der Waals surface area contributed by atoms with Crippen molar-refractivity contribution < 1.29 is 35.6 Å². The van der Waals surface area contributed by atoms with Crippen LogP contribution >= 0.6 is 0 Å². The zero-order valence-electron chi connectivity index (χ0n) is 18.0. The quantitative estimate of drug-likeness (QED) is 0.245. The molecule has 2 rings (SSSR count). The lowest BCUT2D eigenvalue weighted by molar-refractivity contribution is -0.340. The number of hydrogen-bond acceptors (Lipinski definition) is 2. The minimum Gasteiger partial charge on any atom is -0.394 e. The van der Waals surface area contributed by atoms with Crippen molar-refractivity contribution in [3.63, 3.8) is 0 Å². The van der Waals surface area contributed by atoms with Gasteiger partial charge in [0.1, 0.15) is 5.78 Å². The van der Waals surface area contributed by atoms with E-state index in [1.807, 2.05) is 13.0 Å². The fraction of sp³-hybridized carbons (Fsp3) is 0.762. The van der Waals surface area contributed by atoms with Crippen LogP contribution in [0.3, 0.4) is 0 Å². The van der Waals surface area contributed by atoms with Crippen molar-refractivity contribution in [2.75, 3.05) is 0 Å². The summed E-state index contributed by atoms with van der Waals surface area (Å²) < 4.78 is 86.5. The van der Waals surface area contributed by atoms with E-state index in [9.17, 15) is 31.1 Å². The Morgan fingerprint density at radius 3 is 2.27 bits per heavy atom. The predicted molar refractivity (Wildman–Crippen MR) is 105 cm³/mol. The lowest BCUT2D eigenvalue weighted by Gasteiger charge is -2.40. The Morgan fingerprint density at radius 2 is 1.77 bits per heavy atom. The summed E-state index contributed by atoms with van der Waals surface area (Å²) >= 11 is 0. The number of allylic oxidation sites excluding steroid dienone is 3. The second-order valence-corrected chi connectivity index (χ2v) is 14.1. The van der Waals surface area contributed by atoms with Gasteiger partial charge >= 0.3 is 12.4 Å². The van der Waals surface area contributed by atoms with Crippen LogP contribution in [0.1, 0.15) is 46.0 Å². The molecule has 0 spiro atoms. The highest BCUT2D eigenvalue weighted by Gasteiger charge is 2.71. The van der Waals surface area contributed by atoms with E-state index in [-0.39, 0.29) is 35.5 Å². The zero-order chi connectivity index (χ0) is 23.2. The maximum absolute atomic E-state index is 13.6. The zero-order valence-corrected chi connectivity index (χ0v) is 19.0. The Kier molecular flexibility index (Phi) is 6.81. The van der Waals surface area contributed by atoms with Crippen LogP contribution in [0, 0.1) is 17.3 Å². The van der Waals surface area contributed by atoms with Crippen molar-refractivity contribution in [2.45, 2.75) is 83.5 Å². The number of halogens is 6. The van der Waals surface area contributed by atoms with Gasteiger partial charge in [0.05, 0.1) is 0 Å². The van der Waals surface area contributed by atoms with Crippen molar-refractivity contribution in [3.8, 4) is 0 Å². The molecule has 0 heterocycles. The Hall–Kier alpha value is -1.09. The molecular weight excluding hydrogens is 426 g/mol. The third-order valence-electron chi connectivity index (χ3n) is 6.19. The Balaban J connectivity index is 2.28.